The van der Waals surface area contributed by atoms with Crippen molar-refractivity contribution >= 4 is 23.5 Å². The number of ether oxygens (including phenoxy) is 1. The summed E-state index contributed by atoms with van der Waals surface area (Å²) in [5.74, 6) is -0.869. The number of benzene rings is 2. The number of fused-ring (bicyclic) bond motifs is 1. The zero-order valence-electron chi connectivity index (χ0n) is 14.5. The molecule has 0 aromatic heterocycles. The highest BCUT2D eigenvalue weighted by molar-refractivity contribution is 5.99. The van der Waals surface area contributed by atoms with Crippen LogP contribution in [0.3, 0.4) is 0 Å². The van der Waals surface area contributed by atoms with E-state index in [2.05, 4.69) is 10.6 Å². The van der Waals surface area contributed by atoms with E-state index in [1.807, 2.05) is 30.3 Å². The third kappa shape index (κ3) is 4.08. The van der Waals surface area contributed by atoms with Crippen molar-refractivity contribution in [3.05, 3.63) is 65.2 Å². The minimum atomic E-state index is -0.773. The number of nitrogens with one attached hydrogen (secondary N) is 2. The Bertz CT molecular complexity index is 833. The van der Waals surface area contributed by atoms with Gasteiger partial charge in [-0.2, -0.15) is 0 Å². The number of aryl methyl sites for hydroxylation is 1. The number of methoxy groups -OCH3 is 1. The van der Waals surface area contributed by atoms with Crippen LogP contribution in [-0.2, 0) is 27.2 Å². The van der Waals surface area contributed by atoms with Crippen LogP contribution in [0.1, 0.15) is 27.9 Å². The number of rotatable bonds is 5. The minimum absolute atomic E-state index is 0.0247. The van der Waals surface area contributed by atoms with E-state index in [4.69, 9.17) is 4.74 Å². The Morgan fingerprint density at radius 2 is 1.92 bits per heavy atom. The molecule has 2 aromatic carbocycles. The van der Waals surface area contributed by atoms with E-state index in [-0.39, 0.29) is 11.8 Å². The third-order valence-electron chi connectivity index (χ3n) is 4.34. The molecule has 1 atom stereocenters. The molecule has 0 aliphatic carbocycles. The Balaban J connectivity index is 1.75. The molecule has 3 rings (SSSR count). The van der Waals surface area contributed by atoms with Crippen LogP contribution < -0.4 is 10.6 Å². The van der Waals surface area contributed by atoms with Crippen molar-refractivity contribution in [3.8, 4) is 0 Å². The van der Waals surface area contributed by atoms with E-state index in [0.29, 0.717) is 24.8 Å². The molecule has 0 radical (unpaired) electrons. The SMILES string of the molecule is COC(=O)[C@H](Cc1ccccc1)NC(=O)c1ccc2c(c1)CCC(=O)N2. The van der Waals surface area contributed by atoms with Crippen molar-refractivity contribution in [2.24, 2.45) is 0 Å². The number of amides is 2. The van der Waals surface area contributed by atoms with E-state index in [9.17, 15) is 14.4 Å². The molecule has 2 aromatic rings. The van der Waals surface area contributed by atoms with Crippen LogP contribution >= 0.6 is 0 Å². The van der Waals surface area contributed by atoms with Crippen molar-refractivity contribution in [2.45, 2.75) is 25.3 Å². The molecule has 2 N–H and O–H groups in total. The first-order valence-electron chi connectivity index (χ1n) is 8.42. The van der Waals surface area contributed by atoms with Crippen LogP contribution in [0.2, 0.25) is 0 Å². The molecule has 134 valence electrons. The lowest BCUT2D eigenvalue weighted by atomic mass is 9.99. The number of hydrogen-bond acceptors (Lipinski definition) is 4. The fraction of sp³-hybridized carbons (Fsp3) is 0.250. The van der Waals surface area contributed by atoms with Crippen molar-refractivity contribution in [1.29, 1.82) is 0 Å². The molecular formula is C20H20N2O4. The predicted octanol–water partition coefficient (Wildman–Crippen LogP) is 2.09. The average molecular weight is 352 g/mol. The average Bonchev–Trinajstić information content (AvgIpc) is 2.67. The molecule has 1 heterocycles. The number of hydrogen-bond donors (Lipinski definition) is 2. The quantitative estimate of drug-likeness (QED) is 0.807. The maximum Gasteiger partial charge on any atom is 0.328 e. The van der Waals surface area contributed by atoms with Crippen LogP contribution in [0.4, 0.5) is 5.69 Å². The lowest BCUT2D eigenvalue weighted by Crippen LogP contribution is -2.43. The second-order valence-corrected chi connectivity index (χ2v) is 6.16. The van der Waals surface area contributed by atoms with E-state index in [0.717, 1.165) is 16.8 Å². The van der Waals surface area contributed by atoms with Gasteiger partial charge in [-0.3, -0.25) is 9.59 Å². The van der Waals surface area contributed by atoms with Crippen LogP contribution in [0.5, 0.6) is 0 Å². The lowest BCUT2D eigenvalue weighted by Gasteiger charge is -2.19. The number of carbonyl (C=O) groups excluding carboxylic acids is 3. The smallest absolute Gasteiger partial charge is 0.328 e. The topological polar surface area (TPSA) is 84.5 Å². The summed E-state index contributed by atoms with van der Waals surface area (Å²) in [7, 11) is 1.30. The molecular weight excluding hydrogens is 332 g/mol. The largest absolute Gasteiger partial charge is 0.467 e. The van der Waals surface area contributed by atoms with Crippen molar-refractivity contribution in [1.82, 2.24) is 5.32 Å². The summed E-state index contributed by atoms with van der Waals surface area (Å²) < 4.78 is 4.82. The molecule has 1 aliphatic heterocycles. The highest BCUT2D eigenvalue weighted by atomic mass is 16.5. The first-order chi connectivity index (χ1) is 12.6. The van der Waals surface area contributed by atoms with Crippen LogP contribution in [0.15, 0.2) is 48.5 Å². The van der Waals surface area contributed by atoms with E-state index in [1.54, 1.807) is 18.2 Å². The predicted molar refractivity (Wildman–Crippen MR) is 96.8 cm³/mol. The number of carbonyl (C=O) groups is 3. The summed E-state index contributed by atoms with van der Waals surface area (Å²) in [6.45, 7) is 0. The van der Waals surface area contributed by atoms with Gasteiger partial charge in [0.05, 0.1) is 7.11 Å². The summed E-state index contributed by atoms with van der Waals surface area (Å²) in [4.78, 5) is 36.1. The summed E-state index contributed by atoms with van der Waals surface area (Å²) in [5.41, 5.74) is 3.01. The second-order valence-electron chi connectivity index (χ2n) is 6.16. The van der Waals surface area contributed by atoms with E-state index in [1.165, 1.54) is 7.11 Å². The summed E-state index contributed by atoms with van der Waals surface area (Å²) in [6.07, 6.45) is 1.34. The molecule has 0 saturated carbocycles. The molecule has 0 unspecified atom stereocenters. The van der Waals surface area contributed by atoms with Gasteiger partial charge in [0.25, 0.3) is 5.91 Å². The fourth-order valence-corrected chi connectivity index (χ4v) is 2.95. The fourth-order valence-electron chi connectivity index (χ4n) is 2.95. The van der Waals surface area contributed by atoms with Gasteiger partial charge in [-0.25, -0.2) is 4.79 Å². The number of anilines is 1. The molecule has 1 aliphatic rings. The van der Waals surface area contributed by atoms with Gasteiger partial charge < -0.3 is 15.4 Å². The number of esters is 1. The zero-order valence-corrected chi connectivity index (χ0v) is 14.5. The van der Waals surface area contributed by atoms with Gasteiger partial charge in [0.2, 0.25) is 5.91 Å². The van der Waals surface area contributed by atoms with Gasteiger partial charge in [0.1, 0.15) is 6.04 Å². The first-order valence-corrected chi connectivity index (χ1v) is 8.42. The minimum Gasteiger partial charge on any atom is -0.467 e. The first kappa shape index (κ1) is 17.7. The molecule has 6 nitrogen and oxygen atoms in total. The van der Waals surface area contributed by atoms with Gasteiger partial charge in [0, 0.05) is 24.1 Å². The van der Waals surface area contributed by atoms with Crippen molar-refractivity contribution < 1.29 is 19.1 Å². The summed E-state index contributed by atoms with van der Waals surface area (Å²) in [5, 5.41) is 5.53. The molecule has 2 amide bonds. The molecule has 6 heteroatoms. The normalized spacial score (nSPS) is 14.0. The maximum atomic E-state index is 12.6. The van der Waals surface area contributed by atoms with Crippen molar-refractivity contribution in [3.63, 3.8) is 0 Å². The van der Waals surface area contributed by atoms with Crippen LogP contribution in [0, 0.1) is 0 Å². The third-order valence-corrected chi connectivity index (χ3v) is 4.34. The maximum absolute atomic E-state index is 12.6. The van der Waals surface area contributed by atoms with Gasteiger partial charge in [-0.15, -0.1) is 0 Å². The molecule has 0 bridgehead atoms. The Labute approximate surface area is 151 Å². The van der Waals surface area contributed by atoms with E-state index >= 15 is 0 Å². The Kier molecular flexibility index (Phi) is 5.31. The second kappa shape index (κ2) is 7.82. The highest BCUT2D eigenvalue weighted by Gasteiger charge is 2.23. The lowest BCUT2D eigenvalue weighted by molar-refractivity contribution is -0.142. The van der Waals surface area contributed by atoms with Crippen molar-refractivity contribution in [2.75, 3.05) is 12.4 Å². The monoisotopic (exact) mass is 352 g/mol. The standard InChI is InChI=1S/C20H20N2O4/c1-26-20(25)17(11-13-5-3-2-4-6-13)22-19(24)15-7-9-16-14(12-15)8-10-18(23)21-16/h2-7,9,12,17H,8,10-11H2,1H3,(H,21,23)(H,22,24)/t17-/m0/s1. The Morgan fingerprint density at radius 3 is 2.65 bits per heavy atom. The highest BCUT2D eigenvalue weighted by Crippen LogP contribution is 2.23. The van der Waals surface area contributed by atoms with Crippen LogP contribution in [-0.4, -0.2) is 30.9 Å². The van der Waals surface area contributed by atoms with Gasteiger partial charge >= 0.3 is 5.97 Å². The van der Waals surface area contributed by atoms with Crippen LogP contribution in [0.25, 0.3) is 0 Å². The summed E-state index contributed by atoms with van der Waals surface area (Å²) >= 11 is 0. The molecule has 0 fully saturated rings. The molecule has 0 spiro atoms. The Morgan fingerprint density at radius 1 is 1.15 bits per heavy atom. The van der Waals surface area contributed by atoms with Gasteiger partial charge in [-0.05, 0) is 35.7 Å². The zero-order chi connectivity index (χ0) is 18.5. The van der Waals surface area contributed by atoms with Gasteiger partial charge in [-0.1, -0.05) is 30.3 Å². The van der Waals surface area contributed by atoms with Gasteiger partial charge in [0.15, 0.2) is 0 Å². The molecule has 26 heavy (non-hydrogen) atoms. The Hall–Kier alpha value is -3.15. The summed E-state index contributed by atoms with van der Waals surface area (Å²) in [6, 6.07) is 13.8. The molecule has 0 saturated heterocycles. The van der Waals surface area contributed by atoms with E-state index < -0.39 is 12.0 Å².